The van der Waals surface area contributed by atoms with Gasteiger partial charge in [-0.2, -0.15) is 0 Å². The van der Waals surface area contributed by atoms with Gasteiger partial charge in [0.1, 0.15) is 25.8 Å². The number of carbonyl (C=O) groups is 2. The van der Waals surface area contributed by atoms with Gasteiger partial charge in [-0.05, 0) is 216 Å². The predicted molar refractivity (Wildman–Crippen MR) is 432 cm³/mol. The fourth-order valence-electron chi connectivity index (χ4n) is 9.00. The molecule has 1 aromatic heterocycles. The number of ether oxygens (including phenoxy) is 5. The van der Waals surface area contributed by atoms with Crippen LogP contribution in [0.1, 0.15) is 58.4 Å². The van der Waals surface area contributed by atoms with Crippen molar-refractivity contribution in [3.63, 3.8) is 0 Å². The van der Waals surface area contributed by atoms with E-state index in [4.69, 9.17) is 34.3 Å². The topological polar surface area (TPSA) is 161 Å². The average Bonchev–Trinajstić information content (AvgIpc) is 0.772. The Bertz CT molecular complexity index is 4350. The first-order chi connectivity index (χ1) is 47.3. The highest BCUT2D eigenvalue weighted by Crippen LogP contribution is 2.38. The molecule has 2 atom stereocenters. The number of nitrogens with one attached hydrogen (secondary N) is 1. The first kappa shape index (κ1) is 80.6. The normalized spacial score (nSPS) is 10.9. The smallest absolute Gasteiger partial charge is 0.330 e. The molecule has 9 aromatic carbocycles. The minimum absolute atomic E-state index is 0.0813. The van der Waals surface area contributed by atoms with Gasteiger partial charge in [0.05, 0.1) is 63.5 Å². The molecule has 2 unspecified atom stereocenters. The van der Waals surface area contributed by atoms with E-state index in [0.29, 0.717) is 24.7 Å². The highest BCUT2D eigenvalue weighted by atomic mass is 127. The lowest BCUT2D eigenvalue weighted by Gasteiger charge is -2.16. The lowest BCUT2D eigenvalue weighted by molar-refractivity contribution is -0.138. The van der Waals surface area contributed by atoms with Crippen LogP contribution in [0.5, 0.6) is 17.2 Å². The lowest BCUT2D eigenvalue weighted by atomic mass is 10.1. The summed E-state index contributed by atoms with van der Waals surface area (Å²) in [6.45, 7) is 10.4. The third-order valence-electron chi connectivity index (χ3n) is 14.0. The number of anilines is 3. The average molecular weight is 1720 g/mol. The van der Waals surface area contributed by atoms with E-state index in [2.05, 4.69) is 161 Å². The molecule has 0 aliphatic heterocycles. The number of fused-ring (bicyclic) bond motifs is 1. The molecular weight excluding hydrogens is 1640 g/mol. The monoisotopic (exact) mass is 1720 g/mol. The van der Waals surface area contributed by atoms with E-state index in [-0.39, 0.29) is 17.5 Å². The molecule has 22 heteroatoms. The number of methoxy groups -OCH3 is 3. The van der Waals surface area contributed by atoms with E-state index in [1.165, 1.54) is 39.3 Å². The lowest BCUT2D eigenvalue weighted by Crippen LogP contribution is -2.18. The van der Waals surface area contributed by atoms with E-state index in [1.54, 1.807) is 93.2 Å². The molecule has 0 fully saturated rings. The number of esters is 2. The number of aromatic nitrogens is 1. The Hall–Kier alpha value is -6.42. The molecule has 0 amide bonds. The standard InChI is InChI=1S/C26H26BrNO3S.C24H20BrNO2S.C18H19NO2S.C8H8BrIO.FH3OP2/c1-4-31-26(29)13-10-20-15-21(32-17-19-8-6-5-7-9-19)11-12-23(20)28-24-14-18(2)22(27)16-25(24)30-3;1-16-12-22(23(28-2)14-20(16)25)26-21-10-9-19(13-18(21)8-11-24(26)27)29-15-17-6-4-3-5-7-17;1-2-21-18(20)11-8-15-12-16(9-10-17(15)19)22-13-14-6-4-3-5-7-14;1-5-3-7(10)8(11-2)4-6(5)9;1-3-4-2/h5-16,28H,4,17H2,1-3H3;3-14H,15H2,1-2H3;3-12H,2,13,19H2,1H3;3-4H,1-2H3;2-4H/b13-10+;;11-8+;;. The van der Waals surface area contributed by atoms with Crippen LogP contribution in [0.4, 0.5) is 21.3 Å². The summed E-state index contributed by atoms with van der Waals surface area (Å²) in [5.74, 6) is 4.25. The second kappa shape index (κ2) is 43.3. The Kier molecular flexibility index (Phi) is 35.6. The van der Waals surface area contributed by atoms with Gasteiger partial charge in [0.15, 0.2) is 0 Å². The van der Waals surface area contributed by atoms with Crippen molar-refractivity contribution in [2.45, 2.75) is 66.6 Å². The molecule has 0 radical (unpaired) electrons. The third-order valence-corrected chi connectivity index (χ3v) is 20.9. The number of benzene rings is 9. The van der Waals surface area contributed by atoms with Crippen molar-refractivity contribution in [2.75, 3.05) is 45.6 Å². The van der Waals surface area contributed by atoms with E-state index in [0.717, 1.165) is 106 Å². The summed E-state index contributed by atoms with van der Waals surface area (Å²) in [5.41, 5.74) is 18.7. The van der Waals surface area contributed by atoms with Crippen LogP contribution in [-0.2, 0) is 36.3 Å². The van der Waals surface area contributed by atoms with Crippen LogP contribution in [0.2, 0.25) is 0 Å². The van der Waals surface area contributed by atoms with Gasteiger partial charge in [0, 0.05) is 75.0 Å². The molecule has 10 aromatic rings. The van der Waals surface area contributed by atoms with Gasteiger partial charge in [0.2, 0.25) is 0 Å². The van der Waals surface area contributed by atoms with Gasteiger partial charge in [0.25, 0.3) is 5.56 Å². The summed E-state index contributed by atoms with van der Waals surface area (Å²) in [6.07, 6.45) is 6.34. The van der Waals surface area contributed by atoms with Gasteiger partial charge < -0.3 is 39.6 Å². The Morgan fingerprint density at radius 1 is 0.561 bits per heavy atom. The Morgan fingerprint density at radius 2 is 1.00 bits per heavy atom. The molecular formula is C76H76Br3FIN3O9P2S3. The number of nitrogen functional groups attached to an aromatic ring is 1. The number of aryl methyl sites for hydroxylation is 3. The molecule has 98 heavy (non-hydrogen) atoms. The molecule has 4 N–H and O–H groups in total. The zero-order valence-corrected chi connectivity index (χ0v) is 66.5. The van der Waals surface area contributed by atoms with Crippen molar-refractivity contribution in [3.05, 3.63) is 278 Å². The third kappa shape index (κ3) is 26.3. The SMILES string of the molecule is CCOC(=O)/C=C/c1cc(SCc2ccccc2)ccc1N.CCOC(=O)/C=C/c1cc(SCc2ccccc2)ccc1Nc1cc(C)c(Br)cc1OC.COc1cc(Br)c(C)cc1-n1c(=O)ccc2cc(SCc3ccccc3)ccc21.COc1cc(Br)c(C)cc1I.OPPF. The number of carbonyl (C=O) groups excluding carboxylic acids is 2. The van der Waals surface area contributed by atoms with Gasteiger partial charge in [-0.1, -0.05) is 139 Å². The molecule has 10 rings (SSSR count). The summed E-state index contributed by atoms with van der Waals surface area (Å²) < 4.78 is 42.6. The molecule has 512 valence electrons. The van der Waals surface area contributed by atoms with Crippen LogP contribution in [0.25, 0.3) is 28.7 Å². The predicted octanol–water partition coefficient (Wildman–Crippen LogP) is 22.3. The van der Waals surface area contributed by atoms with Crippen molar-refractivity contribution in [2.24, 2.45) is 0 Å². The Morgan fingerprint density at radius 3 is 1.50 bits per heavy atom. The molecule has 0 spiro atoms. The zero-order valence-electron chi connectivity index (χ0n) is 55.2. The minimum Gasteiger partial charge on any atom is -0.496 e. The molecule has 0 aliphatic rings. The summed E-state index contributed by atoms with van der Waals surface area (Å²) >= 11 is 18.1. The van der Waals surface area contributed by atoms with Crippen LogP contribution in [-0.4, -0.2) is 55.9 Å². The second-order valence-electron chi connectivity index (χ2n) is 20.9. The van der Waals surface area contributed by atoms with Crippen LogP contribution in [0, 0.1) is 24.3 Å². The van der Waals surface area contributed by atoms with Crippen molar-refractivity contribution >= 4 is 175 Å². The first-order valence-electron chi connectivity index (χ1n) is 30.4. The van der Waals surface area contributed by atoms with Crippen molar-refractivity contribution < 1.29 is 42.4 Å². The second-order valence-corrected chi connectivity index (χ2v) is 29.4. The van der Waals surface area contributed by atoms with Gasteiger partial charge >= 0.3 is 11.9 Å². The van der Waals surface area contributed by atoms with Crippen LogP contribution < -0.4 is 30.8 Å². The number of thioether (sulfide) groups is 3. The Balaban J connectivity index is 0.000000212. The van der Waals surface area contributed by atoms with Gasteiger partial charge in [-0.25, -0.2) is 13.8 Å². The number of rotatable bonds is 22. The highest BCUT2D eigenvalue weighted by molar-refractivity contribution is 14.1. The fourth-order valence-corrected chi connectivity index (χ4v) is 13.5. The summed E-state index contributed by atoms with van der Waals surface area (Å²) in [6, 6.07) is 64.7. The van der Waals surface area contributed by atoms with E-state index >= 15 is 0 Å². The fraction of sp³-hybridized carbons (Fsp3) is 0.171. The maximum atomic E-state index is 12.8. The highest BCUT2D eigenvalue weighted by Gasteiger charge is 2.15. The largest absolute Gasteiger partial charge is 0.496 e. The molecule has 0 bridgehead atoms. The number of nitrogens with zero attached hydrogens (tertiary/aromatic N) is 1. The molecule has 0 aliphatic carbocycles. The quantitative estimate of drug-likeness (QED) is 0.0147. The summed E-state index contributed by atoms with van der Waals surface area (Å²) in [4.78, 5) is 47.0. The number of hydrogen-bond acceptors (Lipinski definition) is 14. The van der Waals surface area contributed by atoms with Crippen molar-refractivity contribution in [1.29, 1.82) is 0 Å². The molecule has 1 heterocycles. The molecule has 0 saturated heterocycles. The van der Waals surface area contributed by atoms with Crippen molar-refractivity contribution in [3.8, 4) is 22.9 Å². The maximum absolute atomic E-state index is 12.8. The first-order valence-corrected chi connectivity index (χ1v) is 39.6. The van der Waals surface area contributed by atoms with E-state index < -0.39 is 17.1 Å². The van der Waals surface area contributed by atoms with E-state index in [9.17, 15) is 18.6 Å². The van der Waals surface area contributed by atoms with Crippen LogP contribution in [0.15, 0.2) is 239 Å². The minimum atomic E-state index is -0.776. The Labute approximate surface area is 629 Å². The van der Waals surface area contributed by atoms with Crippen LogP contribution in [0.3, 0.4) is 0 Å². The number of pyridine rings is 1. The number of halogens is 5. The van der Waals surface area contributed by atoms with Gasteiger partial charge in [-0.3, -0.25) is 9.36 Å². The summed E-state index contributed by atoms with van der Waals surface area (Å²) in [7, 11) is 3.67. The zero-order chi connectivity index (χ0) is 70.9. The van der Waals surface area contributed by atoms with Crippen molar-refractivity contribution in [1.82, 2.24) is 4.57 Å². The van der Waals surface area contributed by atoms with Crippen LogP contribution >= 0.6 is 123 Å². The van der Waals surface area contributed by atoms with E-state index in [1.807, 2.05) is 123 Å². The molecule has 0 saturated carbocycles. The molecule has 12 nitrogen and oxygen atoms in total. The number of hydrogen-bond donors (Lipinski definition) is 3. The maximum Gasteiger partial charge on any atom is 0.330 e. The number of nitrogens with two attached hydrogens (primary N) is 1. The summed E-state index contributed by atoms with van der Waals surface area (Å²) in [5, 5.41) is 4.48. The van der Waals surface area contributed by atoms with Gasteiger partial charge in [-0.15, -0.1) is 35.3 Å².